The first kappa shape index (κ1) is 22.4. The van der Waals surface area contributed by atoms with Crippen molar-refractivity contribution < 1.29 is 20.1 Å². The minimum absolute atomic E-state index is 0.0161. The first-order chi connectivity index (χ1) is 12.9. The van der Waals surface area contributed by atoms with Crippen molar-refractivity contribution in [1.82, 2.24) is 0 Å². The highest BCUT2D eigenvalue weighted by Gasteiger charge is 2.42. The number of rotatable bonds is 11. The van der Waals surface area contributed by atoms with Crippen LogP contribution in [0, 0.1) is 17.3 Å². The molecule has 2 rings (SSSR count). The first-order valence-corrected chi connectivity index (χ1v) is 10.9. The Balaban J connectivity index is 1.83. The number of hydrogen-bond acceptors (Lipinski definition) is 3. The smallest absolute Gasteiger partial charge is 0.303 e. The van der Waals surface area contributed by atoms with E-state index in [0.29, 0.717) is 19.3 Å². The summed E-state index contributed by atoms with van der Waals surface area (Å²) in [5.74, 6) is -0.570. The number of aliphatic carboxylic acids is 1. The maximum atomic E-state index is 10.5. The van der Waals surface area contributed by atoms with Gasteiger partial charge >= 0.3 is 5.97 Å². The molecule has 0 aromatic carbocycles. The number of allylic oxidation sites excluding steroid dienone is 2. The lowest BCUT2D eigenvalue weighted by Crippen LogP contribution is -2.40. The molecule has 0 radical (unpaired) electrons. The van der Waals surface area contributed by atoms with E-state index in [9.17, 15) is 15.0 Å². The standard InChI is InChI=1S/C22H35ClO4/c1-2-22(13-8-14-22)20(25)11-7-10-17-16(18(23)15-19(17)24)9-5-3-4-6-12-21(26)27/h3,5,7,10,16-20,24-25H,2,4,6,8-9,11-15H2,1H3,(H,26,27)/t16-,17-,18-,19-,20+/m1/s1. The van der Waals surface area contributed by atoms with Crippen LogP contribution in [0.5, 0.6) is 0 Å². The fourth-order valence-electron chi connectivity index (χ4n) is 4.58. The highest BCUT2D eigenvalue weighted by molar-refractivity contribution is 6.21. The van der Waals surface area contributed by atoms with E-state index in [1.807, 2.05) is 12.2 Å². The van der Waals surface area contributed by atoms with E-state index in [2.05, 4.69) is 19.1 Å². The quantitative estimate of drug-likeness (QED) is 0.268. The maximum Gasteiger partial charge on any atom is 0.303 e. The number of aliphatic hydroxyl groups excluding tert-OH is 2. The minimum atomic E-state index is -0.762. The molecule has 0 aromatic rings. The number of carboxylic acid groups (broad SMARTS) is 1. The molecule has 0 spiro atoms. The maximum absolute atomic E-state index is 10.5. The molecule has 2 fully saturated rings. The van der Waals surface area contributed by atoms with Gasteiger partial charge in [-0.2, -0.15) is 0 Å². The number of carboxylic acids is 1. The Labute approximate surface area is 168 Å². The molecule has 0 amide bonds. The molecular formula is C22H35ClO4. The molecule has 0 unspecified atom stereocenters. The molecular weight excluding hydrogens is 364 g/mol. The Morgan fingerprint density at radius 3 is 2.63 bits per heavy atom. The molecule has 2 aliphatic rings. The van der Waals surface area contributed by atoms with Gasteiger partial charge in [-0.1, -0.05) is 37.6 Å². The monoisotopic (exact) mass is 398 g/mol. The minimum Gasteiger partial charge on any atom is -0.481 e. The molecule has 0 heterocycles. The molecule has 0 aliphatic heterocycles. The van der Waals surface area contributed by atoms with Crippen LogP contribution < -0.4 is 0 Å². The SMILES string of the molecule is CCC1([C@@H](O)CC=C[C@@H]2[C@@H](CC=CCCCC(=O)O)[C@H](Cl)C[C@H]2O)CCC1. The lowest BCUT2D eigenvalue weighted by molar-refractivity contribution is -0.137. The summed E-state index contributed by atoms with van der Waals surface area (Å²) >= 11 is 6.46. The van der Waals surface area contributed by atoms with Crippen molar-refractivity contribution in [2.75, 3.05) is 0 Å². The summed E-state index contributed by atoms with van der Waals surface area (Å²) in [6.07, 6.45) is 15.5. The number of alkyl halides is 1. The van der Waals surface area contributed by atoms with Gasteiger partial charge in [0.1, 0.15) is 0 Å². The van der Waals surface area contributed by atoms with Gasteiger partial charge in [-0.15, -0.1) is 11.6 Å². The summed E-state index contributed by atoms with van der Waals surface area (Å²) in [6.45, 7) is 2.16. The number of unbranched alkanes of at least 4 members (excludes halogenated alkanes) is 1. The Morgan fingerprint density at radius 2 is 2.04 bits per heavy atom. The third kappa shape index (κ3) is 6.07. The van der Waals surface area contributed by atoms with E-state index in [-0.39, 0.29) is 35.2 Å². The van der Waals surface area contributed by atoms with E-state index >= 15 is 0 Å². The first-order valence-electron chi connectivity index (χ1n) is 10.4. The molecule has 2 aliphatic carbocycles. The van der Waals surface area contributed by atoms with Crippen molar-refractivity contribution in [3.8, 4) is 0 Å². The van der Waals surface area contributed by atoms with Crippen molar-refractivity contribution in [3.05, 3.63) is 24.3 Å². The number of halogens is 1. The highest BCUT2D eigenvalue weighted by atomic mass is 35.5. The van der Waals surface area contributed by atoms with Crippen molar-refractivity contribution in [3.63, 3.8) is 0 Å². The van der Waals surface area contributed by atoms with Crippen LogP contribution in [0.2, 0.25) is 0 Å². The Morgan fingerprint density at radius 1 is 1.30 bits per heavy atom. The zero-order valence-corrected chi connectivity index (χ0v) is 17.2. The van der Waals surface area contributed by atoms with Gasteiger partial charge in [0.15, 0.2) is 0 Å². The summed E-state index contributed by atoms with van der Waals surface area (Å²) in [6, 6.07) is 0. The molecule has 0 bridgehead atoms. The molecule has 27 heavy (non-hydrogen) atoms. The summed E-state index contributed by atoms with van der Waals surface area (Å²) in [5.41, 5.74) is 0.103. The van der Waals surface area contributed by atoms with Crippen molar-refractivity contribution in [2.24, 2.45) is 17.3 Å². The average Bonchev–Trinajstić information content (AvgIpc) is 2.84. The number of carbonyl (C=O) groups is 1. The number of hydrogen-bond donors (Lipinski definition) is 3. The molecule has 4 nitrogen and oxygen atoms in total. The molecule has 2 saturated carbocycles. The van der Waals surface area contributed by atoms with E-state index in [4.69, 9.17) is 16.7 Å². The van der Waals surface area contributed by atoms with Crippen LogP contribution in [0.25, 0.3) is 0 Å². The van der Waals surface area contributed by atoms with E-state index in [1.54, 1.807) is 0 Å². The van der Waals surface area contributed by atoms with Gasteiger partial charge in [-0.25, -0.2) is 0 Å². The highest BCUT2D eigenvalue weighted by Crippen LogP contribution is 2.47. The van der Waals surface area contributed by atoms with Crippen LogP contribution in [-0.2, 0) is 4.79 Å². The average molecular weight is 399 g/mol. The Bertz CT molecular complexity index is 521. The van der Waals surface area contributed by atoms with Gasteiger partial charge in [0.25, 0.3) is 0 Å². The molecule has 0 aromatic heterocycles. The van der Waals surface area contributed by atoms with Gasteiger partial charge in [-0.3, -0.25) is 4.79 Å². The van der Waals surface area contributed by atoms with Crippen molar-refractivity contribution >= 4 is 17.6 Å². The molecule has 5 atom stereocenters. The molecule has 3 N–H and O–H groups in total. The second-order valence-electron chi connectivity index (χ2n) is 8.30. The molecule has 5 heteroatoms. The topological polar surface area (TPSA) is 77.8 Å². The Kier molecular flexibility index (Phi) is 8.84. The lowest BCUT2D eigenvalue weighted by Gasteiger charge is -2.45. The summed E-state index contributed by atoms with van der Waals surface area (Å²) < 4.78 is 0. The van der Waals surface area contributed by atoms with Crippen LogP contribution in [0.4, 0.5) is 0 Å². The number of aliphatic hydroxyl groups is 2. The predicted octanol–water partition coefficient (Wildman–Crippen LogP) is 4.68. The summed E-state index contributed by atoms with van der Waals surface area (Å²) in [7, 11) is 0. The normalized spacial score (nSPS) is 31.4. The fraction of sp³-hybridized carbons (Fsp3) is 0.773. The van der Waals surface area contributed by atoms with Gasteiger partial charge in [-0.05, 0) is 62.7 Å². The van der Waals surface area contributed by atoms with Crippen LogP contribution in [0.1, 0.15) is 71.1 Å². The fourth-order valence-corrected chi connectivity index (χ4v) is 5.03. The molecule has 0 saturated heterocycles. The third-order valence-corrected chi connectivity index (χ3v) is 7.19. The second-order valence-corrected chi connectivity index (χ2v) is 8.86. The van der Waals surface area contributed by atoms with Gasteiger partial charge in [0.05, 0.1) is 12.2 Å². The van der Waals surface area contributed by atoms with Gasteiger partial charge in [0, 0.05) is 17.7 Å². The van der Waals surface area contributed by atoms with Crippen molar-refractivity contribution in [2.45, 2.75) is 88.7 Å². The van der Waals surface area contributed by atoms with Crippen LogP contribution in [-0.4, -0.2) is 38.9 Å². The zero-order chi connectivity index (χ0) is 19.9. The van der Waals surface area contributed by atoms with Crippen LogP contribution >= 0.6 is 11.6 Å². The van der Waals surface area contributed by atoms with E-state index < -0.39 is 12.1 Å². The summed E-state index contributed by atoms with van der Waals surface area (Å²) in [5, 5.41) is 29.5. The predicted molar refractivity (Wildman–Crippen MR) is 109 cm³/mol. The van der Waals surface area contributed by atoms with E-state index in [0.717, 1.165) is 32.1 Å². The van der Waals surface area contributed by atoms with Gasteiger partial charge in [0.2, 0.25) is 0 Å². The largest absolute Gasteiger partial charge is 0.481 e. The zero-order valence-electron chi connectivity index (χ0n) is 16.4. The Hall–Kier alpha value is -0.840. The van der Waals surface area contributed by atoms with Crippen molar-refractivity contribution in [1.29, 1.82) is 0 Å². The van der Waals surface area contributed by atoms with Crippen LogP contribution in [0.3, 0.4) is 0 Å². The summed E-state index contributed by atoms with van der Waals surface area (Å²) in [4.78, 5) is 10.5. The van der Waals surface area contributed by atoms with E-state index in [1.165, 1.54) is 6.42 Å². The van der Waals surface area contributed by atoms with Crippen LogP contribution in [0.15, 0.2) is 24.3 Å². The van der Waals surface area contributed by atoms with Gasteiger partial charge < -0.3 is 15.3 Å². The second kappa shape index (κ2) is 10.6. The third-order valence-electron chi connectivity index (χ3n) is 6.68. The lowest BCUT2D eigenvalue weighted by atomic mass is 9.63. The molecule has 154 valence electrons.